The smallest absolute Gasteiger partial charge is 0.0171 e. The van der Waals surface area contributed by atoms with Crippen LogP contribution in [-0.4, -0.2) is 18.0 Å². The van der Waals surface area contributed by atoms with E-state index >= 15 is 0 Å². The second-order valence-corrected chi connectivity index (χ2v) is 2.31. The lowest BCUT2D eigenvalue weighted by Gasteiger charge is -2.21. The maximum atomic E-state index is 3.87. The third-order valence-corrected chi connectivity index (χ3v) is 1.42. The average Bonchev–Trinajstić information content (AvgIpc) is 1.82. The van der Waals surface area contributed by atoms with Gasteiger partial charge < -0.3 is 4.90 Å². The third-order valence-electron chi connectivity index (χ3n) is 1.42. The number of hydrogen-bond acceptors (Lipinski definition) is 1. The normalized spacial score (nSPS) is 9.22. The van der Waals surface area contributed by atoms with Crippen molar-refractivity contribution in [1.29, 1.82) is 0 Å². The largest absolute Gasteiger partial charge is 0.376 e. The summed E-state index contributed by atoms with van der Waals surface area (Å²) in [5, 5.41) is 0. The molecule has 0 aromatic carbocycles. The van der Waals surface area contributed by atoms with Gasteiger partial charge in [-0.15, -0.1) is 0 Å². The molecule has 9 heavy (non-hydrogen) atoms. The van der Waals surface area contributed by atoms with Crippen molar-refractivity contribution in [3.63, 3.8) is 0 Å². The fraction of sp³-hybridized carbons (Fsp3) is 0.750. The van der Waals surface area contributed by atoms with E-state index in [-0.39, 0.29) is 0 Å². The van der Waals surface area contributed by atoms with Crippen molar-refractivity contribution < 1.29 is 0 Å². The minimum atomic E-state index is 1.09. The van der Waals surface area contributed by atoms with Crippen LogP contribution in [0.15, 0.2) is 12.3 Å². The molecule has 0 rings (SSSR count). The monoisotopic (exact) mass is 127 g/mol. The third kappa shape index (κ3) is 3.17. The molecule has 0 aliphatic heterocycles. The van der Waals surface area contributed by atoms with E-state index in [4.69, 9.17) is 0 Å². The summed E-state index contributed by atoms with van der Waals surface area (Å²) < 4.78 is 0. The van der Waals surface area contributed by atoms with Crippen molar-refractivity contribution in [3.8, 4) is 0 Å². The number of allylic oxidation sites excluding steroid dienone is 1. The molecule has 0 aliphatic rings. The van der Waals surface area contributed by atoms with Crippen molar-refractivity contribution in [2.75, 3.05) is 13.1 Å². The van der Waals surface area contributed by atoms with E-state index in [9.17, 15) is 0 Å². The van der Waals surface area contributed by atoms with Crippen LogP contribution in [0.2, 0.25) is 0 Å². The van der Waals surface area contributed by atoms with E-state index in [1.165, 1.54) is 12.1 Å². The van der Waals surface area contributed by atoms with Crippen LogP contribution < -0.4 is 0 Å². The first-order valence-electron chi connectivity index (χ1n) is 3.62. The van der Waals surface area contributed by atoms with Crippen LogP contribution in [0.1, 0.15) is 27.2 Å². The van der Waals surface area contributed by atoms with Crippen molar-refractivity contribution in [3.05, 3.63) is 12.3 Å². The van der Waals surface area contributed by atoms with Gasteiger partial charge in [0.2, 0.25) is 0 Å². The van der Waals surface area contributed by atoms with Gasteiger partial charge in [-0.25, -0.2) is 0 Å². The Kier molecular flexibility index (Phi) is 4.20. The van der Waals surface area contributed by atoms with Crippen LogP contribution in [0.25, 0.3) is 0 Å². The maximum absolute atomic E-state index is 3.87. The highest BCUT2D eigenvalue weighted by molar-refractivity contribution is 4.87. The van der Waals surface area contributed by atoms with E-state index in [0.29, 0.717) is 0 Å². The van der Waals surface area contributed by atoms with E-state index in [2.05, 4.69) is 32.3 Å². The first-order valence-corrected chi connectivity index (χ1v) is 3.62. The molecular formula is C8H17N. The Bertz CT molecular complexity index is 86.6. The minimum absolute atomic E-state index is 1.09. The molecule has 0 amide bonds. The summed E-state index contributed by atoms with van der Waals surface area (Å²) in [5.41, 5.74) is 1.18. The molecule has 1 nitrogen and oxygen atoms in total. The van der Waals surface area contributed by atoms with Gasteiger partial charge in [-0.3, -0.25) is 0 Å². The van der Waals surface area contributed by atoms with Crippen molar-refractivity contribution in [2.24, 2.45) is 0 Å². The summed E-state index contributed by atoms with van der Waals surface area (Å²) in [6, 6.07) is 0. The van der Waals surface area contributed by atoms with Gasteiger partial charge in [0.05, 0.1) is 0 Å². The molecular weight excluding hydrogens is 110 g/mol. The Morgan fingerprint density at radius 2 is 2.00 bits per heavy atom. The standard InChI is InChI=1S/C8H17N/c1-5-7-9(6-2)8(3)4/h3,5-7H2,1-2,4H3. The highest BCUT2D eigenvalue weighted by atomic mass is 15.1. The Morgan fingerprint density at radius 3 is 2.11 bits per heavy atom. The van der Waals surface area contributed by atoms with Gasteiger partial charge in [0, 0.05) is 18.8 Å². The minimum Gasteiger partial charge on any atom is -0.376 e. The fourth-order valence-corrected chi connectivity index (χ4v) is 0.889. The van der Waals surface area contributed by atoms with E-state index in [1.807, 2.05) is 0 Å². The van der Waals surface area contributed by atoms with Crippen LogP contribution in [0.4, 0.5) is 0 Å². The predicted octanol–water partition coefficient (Wildman–Crippen LogP) is 2.25. The Balaban J connectivity index is 3.54. The van der Waals surface area contributed by atoms with Crippen LogP contribution in [-0.2, 0) is 0 Å². The molecule has 0 spiro atoms. The first-order chi connectivity index (χ1) is 4.22. The van der Waals surface area contributed by atoms with Gasteiger partial charge in [0.15, 0.2) is 0 Å². The molecule has 0 aliphatic carbocycles. The zero-order chi connectivity index (χ0) is 7.28. The maximum Gasteiger partial charge on any atom is 0.0171 e. The molecule has 0 unspecified atom stereocenters. The molecule has 0 bridgehead atoms. The SMILES string of the molecule is C=C(C)N(CC)CCC. The molecule has 1 heteroatoms. The lowest BCUT2D eigenvalue weighted by molar-refractivity contribution is 0.365. The van der Waals surface area contributed by atoms with Crippen LogP contribution >= 0.6 is 0 Å². The van der Waals surface area contributed by atoms with Gasteiger partial charge in [0.25, 0.3) is 0 Å². The molecule has 0 aromatic heterocycles. The molecule has 0 saturated carbocycles. The van der Waals surface area contributed by atoms with Gasteiger partial charge in [0.1, 0.15) is 0 Å². The highest BCUT2D eigenvalue weighted by Crippen LogP contribution is 1.99. The summed E-state index contributed by atoms with van der Waals surface area (Å²) in [6.07, 6.45) is 1.21. The van der Waals surface area contributed by atoms with Crippen molar-refractivity contribution >= 4 is 0 Å². The van der Waals surface area contributed by atoms with E-state index in [1.54, 1.807) is 0 Å². The van der Waals surface area contributed by atoms with Gasteiger partial charge in [-0.1, -0.05) is 13.5 Å². The van der Waals surface area contributed by atoms with E-state index < -0.39 is 0 Å². The van der Waals surface area contributed by atoms with Gasteiger partial charge >= 0.3 is 0 Å². The zero-order valence-electron chi connectivity index (χ0n) is 6.78. The Labute approximate surface area is 58.4 Å². The second kappa shape index (κ2) is 4.42. The molecule has 0 aromatic rings. The zero-order valence-corrected chi connectivity index (χ0v) is 6.78. The molecule has 54 valence electrons. The fourth-order valence-electron chi connectivity index (χ4n) is 0.889. The van der Waals surface area contributed by atoms with Crippen molar-refractivity contribution in [1.82, 2.24) is 4.90 Å². The predicted molar refractivity (Wildman–Crippen MR) is 42.4 cm³/mol. The average molecular weight is 127 g/mol. The molecule has 0 atom stereocenters. The highest BCUT2D eigenvalue weighted by Gasteiger charge is 1.95. The Morgan fingerprint density at radius 1 is 1.44 bits per heavy atom. The summed E-state index contributed by atoms with van der Waals surface area (Å²) >= 11 is 0. The molecule has 0 fully saturated rings. The quantitative estimate of drug-likeness (QED) is 0.560. The van der Waals surface area contributed by atoms with Crippen LogP contribution in [0, 0.1) is 0 Å². The lowest BCUT2D eigenvalue weighted by Crippen LogP contribution is -2.21. The molecule has 0 radical (unpaired) electrons. The molecule has 0 heterocycles. The Hall–Kier alpha value is -0.460. The van der Waals surface area contributed by atoms with Crippen LogP contribution in [0.3, 0.4) is 0 Å². The number of hydrogen-bond donors (Lipinski definition) is 0. The molecule has 0 N–H and O–H groups in total. The first kappa shape index (κ1) is 8.54. The van der Waals surface area contributed by atoms with E-state index in [0.717, 1.165) is 13.1 Å². The summed E-state index contributed by atoms with van der Waals surface area (Å²) in [4.78, 5) is 2.28. The lowest BCUT2D eigenvalue weighted by atomic mass is 10.4. The topological polar surface area (TPSA) is 3.24 Å². The van der Waals surface area contributed by atoms with Gasteiger partial charge in [-0.2, -0.15) is 0 Å². The second-order valence-electron chi connectivity index (χ2n) is 2.31. The number of nitrogens with zero attached hydrogens (tertiary/aromatic N) is 1. The summed E-state index contributed by atoms with van der Waals surface area (Å²) in [5.74, 6) is 0. The molecule has 0 saturated heterocycles. The van der Waals surface area contributed by atoms with Crippen LogP contribution in [0.5, 0.6) is 0 Å². The summed E-state index contributed by atoms with van der Waals surface area (Å²) in [7, 11) is 0. The number of rotatable bonds is 4. The van der Waals surface area contributed by atoms with Gasteiger partial charge in [-0.05, 0) is 20.3 Å². The summed E-state index contributed by atoms with van der Waals surface area (Å²) in [6.45, 7) is 12.5. The van der Waals surface area contributed by atoms with Crippen molar-refractivity contribution in [2.45, 2.75) is 27.2 Å².